The first kappa shape index (κ1) is 22.3. The second-order valence-electron chi connectivity index (χ2n) is 8.90. The molecule has 0 spiro atoms. The Labute approximate surface area is 182 Å². The van der Waals surface area contributed by atoms with E-state index >= 15 is 0 Å². The summed E-state index contributed by atoms with van der Waals surface area (Å²) in [6.45, 7) is 8.58. The highest BCUT2D eigenvalue weighted by atomic mass is 16.6. The predicted octanol–water partition coefficient (Wildman–Crippen LogP) is 3.33. The van der Waals surface area contributed by atoms with Crippen LogP contribution in [0.1, 0.15) is 67.3 Å². The molecule has 0 saturated carbocycles. The smallest absolute Gasteiger partial charge is 0.407 e. The first-order valence-corrected chi connectivity index (χ1v) is 10.5. The van der Waals surface area contributed by atoms with Gasteiger partial charge in [-0.1, -0.05) is 12.1 Å². The Morgan fingerprint density at radius 3 is 2.68 bits per heavy atom. The minimum absolute atomic E-state index is 0.182. The fourth-order valence-corrected chi connectivity index (χ4v) is 3.61. The number of alkyl carbamates (subject to hydrolysis) is 1. The maximum Gasteiger partial charge on any atom is 0.407 e. The van der Waals surface area contributed by atoms with Gasteiger partial charge in [-0.05, 0) is 64.2 Å². The molecule has 0 radical (unpaired) electrons. The average molecular weight is 424 g/mol. The molecule has 8 heteroatoms. The third kappa shape index (κ3) is 5.85. The first-order valence-electron chi connectivity index (χ1n) is 10.5. The zero-order valence-electron chi connectivity index (χ0n) is 18.4. The highest BCUT2D eigenvalue weighted by Crippen LogP contribution is 2.24. The van der Waals surface area contributed by atoms with Crippen LogP contribution in [0.5, 0.6) is 0 Å². The van der Waals surface area contributed by atoms with E-state index in [1.165, 1.54) is 0 Å². The Morgan fingerprint density at radius 2 is 2.03 bits per heavy atom. The molecular weight excluding hydrogens is 394 g/mol. The average Bonchev–Trinajstić information content (AvgIpc) is 3.14. The Balaban J connectivity index is 1.61. The maximum absolute atomic E-state index is 12.9. The SMILES string of the molecule is CC(NC(=O)c1cnn2c1CC(CNC(=O)OC(C)(C)C)CC2)c1ccc(C#N)cc1. The number of benzene rings is 1. The van der Waals surface area contributed by atoms with Gasteiger partial charge in [0, 0.05) is 13.1 Å². The summed E-state index contributed by atoms with van der Waals surface area (Å²) >= 11 is 0. The van der Waals surface area contributed by atoms with Crippen molar-refractivity contribution >= 4 is 12.0 Å². The molecule has 2 amide bonds. The fraction of sp³-hybridized carbons (Fsp3) is 0.478. The number of aromatic nitrogens is 2. The van der Waals surface area contributed by atoms with Gasteiger partial charge in [0.15, 0.2) is 0 Å². The highest BCUT2D eigenvalue weighted by Gasteiger charge is 2.27. The van der Waals surface area contributed by atoms with E-state index in [1.807, 2.05) is 44.5 Å². The molecule has 164 valence electrons. The van der Waals surface area contributed by atoms with Gasteiger partial charge in [-0.3, -0.25) is 9.48 Å². The summed E-state index contributed by atoms with van der Waals surface area (Å²) in [5.41, 5.74) is 2.41. The number of carbonyl (C=O) groups is 2. The van der Waals surface area contributed by atoms with Crippen LogP contribution < -0.4 is 10.6 Å². The number of rotatable bonds is 5. The summed E-state index contributed by atoms with van der Waals surface area (Å²) in [5.74, 6) is 0.0260. The van der Waals surface area contributed by atoms with E-state index < -0.39 is 11.7 Å². The van der Waals surface area contributed by atoms with Crippen LogP contribution >= 0.6 is 0 Å². The number of nitrogens with one attached hydrogen (secondary N) is 2. The molecule has 2 aromatic rings. The van der Waals surface area contributed by atoms with Crippen LogP contribution in [-0.4, -0.2) is 33.9 Å². The monoisotopic (exact) mass is 423 g/mol. The first-order chi connectivity index (χ1) is 14.7. The molecule has 0 aliphatic carbocycles. The van der Waals surface area contributed by atoms with Crippen molar-refractivity contribution in [3.8, 4) is 6.07 Å². The van der Waals surface area contributed by atoms with E-state index in [0.29, 0.717) is 30.6 Å². The van der Waals surface area contributed by atoms with Crippen LogP contribution in [0.15, 0.2) is 30.5 Å². The third-order valence-electron chi connectivity index (χ3n) is 5.25. The van der Waals surface area contributed by atoms with E-state index in [0.717, 1.165) is 17.7 Å². The zero-order valence-corrected chi connectivity index (χ0v) is 18.4. The lowest BCUT2D eigenvalue weighted by Crippen LogP contribution is -2.37. The van der Waals surface area contributed by atoms with E-state index in [2.05, 4.69) is 21.8 Å². The topological polar surface area (TPSA) is 109 Å². The molecule has 2 unspecified atom stereocenters. The fourth-order valence-electron chi connectivity index (χ4n) is 3.61. The van der Waals surface area contributed by atoms with Crippen LogP contribution in [0.25, 0.3) is 0 Å². The van der Waals surface area contributed by atoms with Crippen molar-refractivity contribution < 1.29 is 14.3 Å². The van der Waals surface area contributed by atoms with Crippen molar-refractivity contribution in [3.63, 3.8) is 0 Å². The minimum atomic E-state index is -0.536. The lowest BCUT2D eigenvalue weighted by Gasteiger charge is -2.25. The largest absolute Gasteiger partial charge is 0.444 e. The van der Waals surface area contributed by atoms with Gasteiger partial charge < -0.3 is 15.4 Å². The van der Waals surface area contributed by atoms with Gasteiger partial charge >= 0.3 is 6.09 Å². The molecule has 1 aliphatic rings. The van der Waals surface area contributed by atoms with Gasteiger partial charge in [0.1, 0.15) is 5.60 Å². The number of nitrogens with zero attached hydrogens (tertiary/aromatic N) is 3. The van der Waals surface area contributed by atoms with Crippen molar-refractivity contribution in [2.45, 2.75) is 58.7 Å². The number of amides is 2. The lowest BCUT2D eigenvalue weighted by atomic mass is 9.94. The molecule has 2 heterocycles. The highest BCUT2D eigenvalue weighted by molar-refractivity contribution is 5.95. The zero-order chi connectivity index (χ0) is 22.6. The quantitative estimate of drug-likeness (QED) is 0.767. The number of carbonyl (C=O) groups excluding carboxylic acids is 2. The number of nitriles is 1. The molecule has 8 nitrogen and oxygen atoms in total. The van der Waals surface area contributed by atoms with Crippen LogP contribution in [0.4, 0.5) is 4.79 Å². The lowest BCUT2D eigenvalue weighted by molar-refractivity contribution is 0.0516. The summed E-state index contributed by atoms with van der Waals surface area (Å²) < 4.78 is 7.16. The standard InChI is InChI=1S/C23H29N5O3/c1-15(18-7-5-16(12-24)6-8-18)27-21(29)19-14-26-28-10-9-17(11-20(19)28)13-25-22(30)31-23(2,3)4/h5-8,14-15,17H,9-11,13H2,1-4H3,(H,25,30)(H,27,29). The molecule has 1 aliphatic heterocycles. The van der Waals surface area contributed by atoms with E-state index in [1.54, 1.807) is 18.3 Å². The number of hydrogen-bond donors (Lipinski definition) is 2. The number of aryl methyl sites for hydroxylation is 1. The third-order valence-corrected chi connectivity index (χ3v) is 5.25. The molecular formula is C23H29N5O3. The summed E-state index contributed by atoms with van der Waals surface area (Å²) in [6.07, 6.45) is 2.71. The van der Waals surface area contributed by atoms with Crippen LogP contribution in [0.2, 0.25) is 0 Å². The van der Waals surface area contributed by atoms with Crippen LogP contribution in [0, 0.1) is 17.2 Å². The maximum atomic E-state index is 12.9. The molecule has 0 fully saturated rings. The summed E-state index contributed by atoms with van der Waals surface area (Å²) in [6, 6.07) is 9.05. The number of ether oxygens (including phenoxy) is 1. The predicted molar refractivity (Wildman–Crippen MR) is 115 cm³/mol. The van der Waals surface area contributed by atoms with Crippen molar-refractivity contribution in [3.05, 3.63) is 52.8 Å². The summed E-state index contributed by atoms with van der Waals surface area (Å²) in [7, 11) is 0. The second kappa shape index (κ2) is 9.21. The molecule has 0 saturated heterocycles. The van der Waals surface area contributed by atoms with Gasteiger partial charge in [-0.15, -0.1) is 0 Å². The second-order valence-corrected chi connectivity index (χ2v) is 8.90. The normalized spacial score (nSPS) is 16.5. The van der Waals surface area contributed by atoms with E-state index in [9.17, 15) is 9.59 Å². The molecule has 31 heavy (non-hydrogen) atoms. The molecule has 2 N–H and O–H groups in total. The Kier molecular flexibility index (Phi) is 6.64. The van der Waals surface area contributed by atoms with Gasteiger partial charge in [-0.25, -0.2) is 4.79 Å². The summed E-state index contributed by atoms with van der Waals surface area (Å²) in [4.78, 5) is 24.8. The molecule has 1 aromatic carbocycles. The van der Waals surface area contributed by atoms with Crippen molar-refractivity contribution in [2.24, 2.45) is 5.92 Å². The van der Waals surface area contributed by atoms with Crippen molar-refractivity contribution in [1.29, 1.82) is 5.26 Å². The minimum Gasteiger partial charge on any atom is -0.444 e. The Morgan fingerprint density at radius 1 is 1.32 bits per heavy atom. The van der Waals surface area contributed by atoms with Crippen LogP contribution in [-0.2, 0) is 17.7 Å². The van der Waals surface area contributed by atoms with Crippen LogP contribution in [0.3, 0.4) is 0 Å². The van der Waals surface area contributed by atoms with Gasteiger partial charge in [-0.2, -0.15) is 10.4 Å². The van der Waals surface area contributed by atoms with Gasteiger partial charge in [0.2, 0.25) is 0 Å². The van der Waals surface area contributed by atoms with Crippen molar-refractivity contribution in [1.82, 2.24) is 20.4 Å². The van der Waals surface area contributed by atoms with E-state index in [-0.39, 0.29) is 17.9 Å². The number of fused-ring (bicyclic) bond motifs is 1. The van der Waals surface area contributed by atoms with Gasteiger partial charge in [0.05, 0.1) is 35.1 Å². The summed E-state index contributed by atoms with van der Waals surface area (Å²) in [5, 5.41) is 19.1. The molecule has 3 rings (SSSR count). The van der Waals surface area contributed by atoms with E-state index in [4.69, 9.17) is 10.00 Å². The Hall–Kier alpha value is -3.34. The molecule has 2 atom stereocenters. The molecule has 1 aromatic heterocycles. The molecule has 0 bridgehead atoms. The van der Waals surface area contributed by atoms with Gasteiger partial charge in [0.25, 0.3) is 5.91 Å². The number of hydrogen-bond acceptors (Lipinski definition) is 5. The Bertz CT molecular complexity index is 982. The van der Waals surface area contributed by atoms with Crippen molar-refractivity contribution in [2.75, 3.05) is 6.54 Å².